The molecule has 2 rings (SSSR count). The van der Waals surface area contributed by atoms with Crippen molar-refractivity contribution in [2.45, 2.75) is 45.3 Å². The summed E-state index contributed by atoms with van der Waals surface area (Å²) in [6.07, 6.45) is 3.88. The molecule has 0 saturated carbocycles. The molecule has 1 saturated heterocycles. The third-order valence-corrected chi connectivity index (χ3v) is 4.78. The third kappa shape index (κ3) is 3.31. The molecule has 4 heteroatoms. The molecule has 2 nitrogen and oxygen atoms in total. The Morgan fingerprint density at radius 2 is 2.47 bits per heavy atom. The van der Waals surface area contributed by atoms with Crippen LogP contribution in [0, 0.1) is 6.92 Å². The van der Waals surface area contributed by atoms with Crippen LogP contribution in [0.2, 0.25) is 0 Å². The van der Waals surface area contributed by atoms with Gasteiger partial charge in [0.2, 0.25) is 0 Å². The van der Waals surface area contributed by atoms with Gasteiger partial charge in [-0.05, 0) is 60.3 Å². The zero-order valence-electron chi connectivity index (χ0n) is 10.5. The van der Waals surface area contributed by atoms with Gasteiger partial charge in [0.05, 0.1) is 15.9 Å². The van der Waals surface area contributed by atoms with Crippen LogP contribution in [-0.2, 0) is 4.74 Å². The first-order valence-corrected chi connectivity index (χ1v) is 7.94. The number of aryl methyl sites for hydroxylation is 1. The zero-order valence-corrected chi connectivity index (χ0v) is 12.9. The van der Waals surface area contributed by atoms with Gasteiger partial charge in [-0.1, -0.05) is 6.92 Å². The van der Waals surface area contributed by atoms with Crippen LogP contribution in [0.25, 0.3) is 0 Å². The Kier molecular flexibility index (Phi) is 5.03. The van der Waals surface area contributed by atoms with E-state index in [-0.39, 0.29) is 0 Å². The van der Waals surface area contributed by atoms with Crippen molar-refractivity contribution in [3.63, 3.8) is 0 Å². The molecule has 0 radical (unpaired) electrons. The Bertz CT molecular complexity index is 360. The lowest BCUT2D eigenvalue weighted by atomic mass is 10.00. The molecule has 1 aliphatic rings. The van der Waals surface area contributed by atoms with Crippen LogP contribution in [0.15, 0.2) is 9.85 Å². The van der Waals surface area contributed by atoms with E-state index in [1.54, 1.807) is 0 Å². The summed E-state index contributed by atoms with van der Waals surface area (Å²) in [7, 11) is 0. The highest BCUT2D eigenvalue weighted by molar-refractivity contribution is 9.11. The largest absolute Gasteiger partial charge is 0.376 e. The van der Waals surface area contributed by atoms with Crippen LogP contribution in [0.4, 0.5) is 0 Å². The van der Waals surface area contributed by atoms with E-state index in [0.717, 1.165) is 19.6 Å². The normalized spacial score (nSPS) is 21.9. The molecule has 17 heavy (non-hydrogen) atoms. The molecule has 0 aliphatic carbocycles. The number of halogens is 1. The average Bonchev–Trinajstić information content (AvgIpc) is 2.90. The molecule has 1 N–H and O–H groups in total. The Labute approximate surface area is 116 Å². The van der Waals surface area contributed by atoms with Crippen molar-refractivity contribution >= 4 is 27.3 Å². The van der Waals surface area contributed by atoms with Gasteiger partial charge in [-0.2, -0.15) is 0 Å². The maximum atomic E-state index is 5.86. The summed E-state index contributed by atoms with van der Waals surface area (Å²) in [4.78, 5) is 1.39. The molecule has 1 fully saturated rings. The molecule has 1 aliphatic heterocycles. The number of hydrogen-bond acceptors (Lipinski definition) is 3. The minimum absolute atomic E-state index is 0.349. The maximum Gasteiger partial charge on any atom is 0.0771 e. The second kappa shape index (κ2) is 6.32. The fourth-order valence-electron chi connectivity index (χ4n) is 2.37. The fraction of sp³-hybridized carbons (Fsp3) is 0.692. The van der Waals surface area contributed by atoms with Crippen molar-refractivity contribution < 1.29 is 4.74 Å². The number of hydrogen-bond donors (Lipinski definition) is 1. The lowest BCUT2D eigenvalue weighted by Crippen LogP contribution is -2.32. The molecule has 1 aromatic rings. The van der Waals surface area contributed by atoms with Crippen LogP contribution in [0.5, 0.6) is 0 Å². The van der Waals surface area contributed by atoms with Crippen molar-refractivity contribution in [3.05, 3.63) is 20.3 Å². The summed E-state index contributed by atoms with van der Waals surface area (Å²) >= 11 is 5.39. The molecule has 0 aromatic carbocycles. The highest BCUT2D eigenvalue weighted by atomic mass is 79.9. The first-order chi connectivity index (χ1) is 8.22. The van der Waals surface area contributed by atoms with Crippen molar-refractivity contribution in [3.8, 4) is 0 Å². The van der Waals surface area contributed by atoms with Gasteiger partial charge in [-0.3, -0.25) is 0 Å². The van der Waals surface area contributed by atoms with E-state index >= 15 is 0 Å². The van der Waals surface area contributed by atoms with Gasteiger partial charge in [0, 0.05) is 11.5 Å². The van der Waals surface area contributed by atoms with E-state index in [0.29, 0.717) is 12.1 Å². The second-order valence-electron chi connectivity index (χ2n) is 4.55. The summed E-state index contributed by atoms with van der Waals surface area (Å²) in [5.41, 5.74) is 1.40. The minimum atomic E-state index is 0.349. The summed E-state index contributed by atoms with van der Waals surface area (Å²) in [6, 6.07) is 2.61. The van der Waals surface area contributed by atoms with Gasteiger partial charge in [-0.25, -0.2) is 0 Å². The Balaban J connectivity index is 2.16. The predicted molar refractivity (Wildman–Crippen MR) is 76.8 cm³/mol. The van der Waals surface area contributed by atoms with Gasteiger partial charge in [0.15, 0.2) is 0 Å². The smallest absolute Gasteiger partial charge is 0.0771 e. The van der Waals surface area contributed by atoms with Crippen LogP contribution < -0.4 is 5.32 Å². The third-order valence-electron chi connectivity index (χ3n) is 3.21. The molecule has 96 valence electrons. The Hall–Kier alpha value is 0.1000. The lowest BCUT2D eigenvalue weighted by molar-refractivity contribution is 0.0782. The van der Waals surface area contributed by atoms with Crippen LogP contribution >= 0.6 is 27.3 Å². The molecule has 2 heterocycles. The van der Waals surface area contributed by atoms with E-state index in [1.165, 1.54) is 27.1 Å². The SMILES string of the molecule is CCCNC(c1cc(Br)sc1C)C1CCCO1. The summed E-state index contributed by atoms with van der Waals surface area (Å²) < 4.78 is 7.07. The van der Waals surface area contributed by atoms with Gasteiger partial charge < -0.3 is 10.1 Å². The monoisotopic (exact) mass is 317 g/mol. The fourth-order valence-corrected chi connectivity index (χ4v) is 4.13. The second-order valence-corrected chi connectivity index (χ2v) is 7.18. The molecular formula is C13H20BrNOS. The van der Waals surface area contributed by atoms with Gasteiger partial charge >= 0.3 is 0 Å². The van der Waals surface area contributed by atoms with Crippen molar-refractivity contribution in [2.24, 2.45) is 0 Å². The molecular weight excluding hydrogens is 298 g/mol. The molecule has 0 amide bonds. The highest BCUT2D eigenvalue weighted by Gasteiger charge is 2.28. The summed E-state index contributed by atoms with van der Waals surface area (Å²) in [5, 5.41) is 3.64. The van der Waals surface area contributed by atoms with Crippen LogP contribution in [-0.4, -0.2) is 19.3 Å². The van der Waals surface area contributed by atoms with Crippen LogP contribution in [0.3, 0.4) is 0 Å². The standard InChI is InChI=1S/C13H20BrNOS/c1-3-6-15-13(11-5-4-7-16-11)10-8-12(14)17-9(10)2/h8,11,13,15H,3-7H2,1-2H3. The topological polar surface area (TPSA) is 21.3 Å². The van der Waals surface area contributed by atoms with Gasteiger partial charge in [0.1, 0.15) is 0 Å². The highest BCUT2D eigenvalue weighted by Crippen LogP contribution is 2.35. The first-order valence-electron chi connectivity index (χ1n) is 6.33. The first kappa shape index (κ1) is 13.5. The Morgan fingerprint density at radius 3 is 3.00 bits per heavy atom. The van der Waals surface area contributed by atoms with Gasteiger partial charge in [-0.15, -0.1) is 11.3 Å². The molecule has 2 unspecified atom stereocenters. The molecule has 0 spiro atoms. The molecule has 2 atom stereocenters. The van der Waals surface area contributed by atoms with Crippen molar-refractivity contribution in [2.75, 3.05) is 13.2 Å². The Morgan fingerprint density at radius 1 is 1.65 bits per heavy atom. The van der Waals surface area contributed by atoms with E-state index in [4.69, 9.17) is 4.74 Å². The van der Waals surface area contributed by atoms with E-state index in [1.807, 2.05) is 11.3 Å². The number of thiophene rings is 1. The summed E-state index contributed by atoms with van der Waals surface area (Å²) in [5.74, 6) is 0. The number of nitrogens with one attached hydrogen (secondary N) is 1. The predicted octanol–water partition coefficient (Wildman–Crippen LogP) is 4.04. The number of rotatable bonds is 5. The quantitative estimate of drug-likeness (QED) is 0.885. The average molecular weight is 318 g/mol. The van der Waals surface area contributed by atoms with E-state index in [2.05, 4.69) is 41.2 Å². The van der Waals surface area contributed by atoms with Gasteiger partial charge in [0.25, 0.3) is 0 Å². The number of ether oxygens (including phenoxy) is 1. The lowest BCUT2D eigenvalue weighted by Gasteiger charge is -2.24. The van der Waals surface area contributed by atoms with Crippen molar-refractivity contribution in [1.29, 1.82) is 0 Å². The van der Waals surface area contributed by atoms with E-state index in [9.17, 15) is 0 Å². The minimum Gasteiger partial charge on any atom is -0.376 e. The molecule has 0 bridgehead atoms. The molecule has 1 aromatic heterocycles. The zero-order chi connectivity index (χ0) is 12.3. The van der Waals surface area contributed by atoms with E-state index < -0.39 is 0 Å². The van der Waals surface area contributed by atoms with Crippen LogP contribution in [0.1, 0.15) is 42.7 Å². The summed E-state index contributed by atoms with van der Waals surface area (Å²) in [6.45, 7) is 6.37. The maximum absolute atomic E-state index is 5.86. The van der Waals surface area contributed by atoms with Crippen molar-refractivity contribution in [1.82, 2.24) is 5.32 Å².